The summed E-state index contributed by atoms with van der Waals surface area (Å²) in [6.45, 7) is 4.32. The van der Waals surface area contributed by atoms with Crippen LogP contribution in [0.2, 0.25) is 0 Å². The molecule has 0 radical (unpaired) electrons. The zero-order valence-corrected chi connectivity index (χ0v) is 26.3. The average Bonchev–Trinajstić information content (AvgIpc) is 3.00. The van der Waals surface area contributed by atoms with Crippen LogP contribution in [0.5, 0.6) is 0 Å². The summed E-state index contributed by atoms with van der Waals surface area (Å²) >= 11 is 0. The van der Waals surface area contributed by atoms with Gasteiger partial charge in [0, 0.05) is 64.2 Å². The van der Waals surface area contributed by atoms with Crippen molar-refractivity contribution in [1.29, 1.82) is 5.26 Å². The molecule has 234 valence electrons. The summed E-state index contributed by atoms with van der Waals surface area (Å²) in [6.07, 6.45) is 1.05. The van der Waals surface area contributed by atoms with Crippen LogP contribution in [-0.2, 0) is 26.6 Å². The Balaban J connectivity index is 1.47. The zero-order chi connectivity index (χ0) is 32.1. The van der Waals surface area contributed by atoms with Gasteiger partial charge in [0.05, 0.1) is 22.4 Å². The Morgan fingerprint density at radius 3 is 2.34 bits per heavy atom. The molecule has 4 rings (SSSR count). The van der Waals surface area contributed by atoms with E-state index in [1.165, 1.54) is 35.6 Å². The number of nitrogens with zero attached hydrogens (tertiary/aromatic N) is 6. The molecule has 1 aromatic heterocycles. The second kappa shape index (κ2) is 13.7. The van der Waals surface area contributed by atoms with Crippen LogP contribution in [0.15, 0.2) is 53.4 Å². The van der Waals surface area contributed by atoms with Crippen LogP contribution in [0.3, 0.4) is 0 Å². The smallest absolute Gasteiger partial charge is 0.257 e. The molecule has 1 amide bonds. The Bertz CT molecular complexity index is 1770. The number of amides is 1. The Morgan fingerprint density at radius 1 is 1.05 bits per heavy atom. The van der Waals surface area contributed by atoms with Crippen molar-refractivity contribution in [3.05, 3.63) is 71.0 Å². The number of piperazine rings is 1. The third-order valence-corrected chi connectivity index (χ3v) is 10.1. The van der Waals surface area contributed by atoms with Gasteiger partial charge >= 0.3 is 0 Å². The highest BCUT2D eigenvalue weighted by atomic mass is 32.2. The summed E-state index contributed by atoms with van der Waals surface area (Å²) in [7, 11) is -6.11. The maximum absolute atomic E-state index is 13.4. The van der Waals surface area contributed by atoms with Crippen molar-refractivity contribution in [2.45, 2.75) is 18.4 Å². The van der Waals surface area contributed by atoms with Gasteiger partial charge in [0.25, 0.3) is 5.91 Å². The molecule has 1 aliphatic heterocycles. The Kier molecular flexibility index (Phi) is 10.2. The molecule has 3 aromatic rings. The fourth-order valence-electron chi connectivity index (χ4n) is 4.60. The van der Waals surface area contributed by atoms with E-state index in [1.807, 2.05) is 11.0 Å². The Hall–Kier alpha value is -4.14. The molecule has 2 aromatic carbocycles. The SMILES string of the molecule is Cc1cc(C#N)nc(N2CCN(S(=O)(=O)c3ccc(NC(=O)c4cc(CNCCN)ccc4N(C)S(C)(=O)=O)cc3)CC2)n1. The van der Waals surface area contributed by atoms with E-state index in [9.17, 15) is 26.9 Å². The number of sulfonamides is 2. The molecule has 16 heteroatoms. The number of nitrogens with two attached hydrogens (primary N) is 1. The van der Waals surface area contributed by atoms with E-state index in [2.05, 4.69) is 20.6 Å². The largest absolute Gasteiger partial charge is 0.338 e. The highest BCUT2D eigenvalue weighted by molar-refractivity contribution is 7.92. The van der Waals surface area contributed by atoms with Crippen molar-refractivity contribution < 1.29 is 21.6 Å². The second-order valence-electron chi connectivity index (χ2n) is 10.2. The van der Waals surface area contributed by atoms with Gasteiger partial charge in [-0.05, 0) is 55.0 Å². The molecule has 4 N–H and O–H groups in total. The zero-order valence-electron chi connectivity index (χ0n) is 24.7. The van der Waals surface area contributed by atoms with E-state index in [0.717, 1.165) is 16.1 Å². The maximum atomic E-state index is 13.4. The van der Waals surface area contributed by atoms with Crippen molar-refractivity contribution in [3.8, 4) is 6.07 Å². The first-order valence-electron chi connectivity index (χ1n) is 13.7. The Labute approximate surface area is 257 Å². The van der Waals surface area contributed by atoms with Crippen molar-refractivity contribution in [1.82, 2.24) is 19.6 Å². The van der Waals surface area contributed by atoms with Crippen molar-refractivity contribution >= 4 is 43.3 Å². The molecular formula is C28H35N9O5S2. The lowest BCUT2D eigenvalue weighted by molar-refractivity contribution is 0.102. The first-order chi connectivity index (χ1) is 20.8. The third-order valence-electron chi connectivity index (χ3n) is 7.02. The normalized spacial score (nSPS) is 14.2. The minimum Gasteiger partial charge on any atom is -0.338 e. The van der Waals surface area contributed by atoms with Gasteiger partial charge in [-0.1, -0.05) is 6.07 Å². The number of aryl methyl sites for hydroxylation is 1. The van der Waals surface area contributed by atoms with Crippen molar-refractivity contribution in [2.75, 3.05) is 67.1 Å². The van der Waals surface area contributed by atoms with Crippen LogP contribution >= 0.6 is 0 Å². The molecule has 2 heterocycles. The monoisotopic (exact) mass is 641 g/mol. The quantitative estimate of drug-likeness (QED) is 0.251. The average molecular weight is 642 g/mol. The second-order valence-corrected chi connectivity index (χ2v) is 14.2. The molecule has 0 unspecified atom stereocenters. The minimum absolute atomic E-state index is 0.0630. The molecule has 0 atom stereocenters. The predicted octanol–water partition coefficient (Wildman–Crippen LogP) is 0.864. The Morgan fingerprint density at radius 2 is 1.73 bits per heavy atom. The van der Waals surface area contributed by atoms with E-state index in [1.54, 1.807) is 31.2 Å². The molecule has 0 saturated carbocycles. The minimum atomic E-state index is -3.83. The van der Waals surface area contributed by atoms with Crippen LogP contribution in [0.4, 0.5) is 17.3 Å². The molecule has 0 bridgehead atoms. The fraction of sp³-hybridized carbons (Fsp3) is 0.357. The predicted molar refractivity (Wildman–Crippen MR) is 167 cm³/mol. The topological polar surface area (TPSA) is 195 Å². The number of nitriles is 1. The number of aromatic nitrogens is 2. The molecule has 1 fully saturated rings. The number of rotatable bonds is 11. The number of nitrogens with one attached hydrogen (secondary N) is 2. The molecule has 0 spiro atoms. The summed E-state index contributed by atoms with van der Waals surface area (Å²) in [4.78, 5) is 23.9. The number of hydrogen-bond acceptors (Lipinski definition) is 11. The lowest BCUT2D eigenvalue weighted by Gasteiger charge is -2.34. The van der Waals surface area contributed by atoms with Crippen LogP contribution in [0.25, 0.3) is 0 Å². The summed E-state index contributed by atoms with van der Waals surface area (Å²) < 4.78 is 53.6. The molecule has 1 saturated heterocycles. The lowest BCUT2D eigenvalue weighted by Crippen LogP contribution is -2.49. The number of anilines is 3. The van der Waals surface area contributed by atoms with Crippen molar-refractivity contribution in [2.24, 2.45) is 5.73 Å². The third kappa shape index (κ3) is 7.68. The van der Waals surface area contributed by atoms with Crippen LogP contribution in [0, 0.1) is 18.3 Å². The molecule has 14 nitrogen and oxygen atoms in total. The van der Waals surface area contributed by atoms with Gasteiger partial charge in [0.15, 0.2) is 0 Å². The van der Waals surface area contributed by atoms with Crippen LogP contribution < -0.4 is 25.6 Å². The molecule has 1 aliphatic rings. The van der Waals surface area contributed by atoms with Gasteiger partial charge in [-0.25, -0.2) is 26.8 Å². The van der Waals surface area contributed by atoms with Gasteiger partial charge in [-0.3, -0.25) is 9.10 Å². The number of carbonyl (C=O) groups excluding carboxylic acids is 1. The first kappa shape index (κ1) is 32.8. The molecule has 0 aliphatic carbocycles. The van der Waals surface area contributed by atoms with E-state index < -0.39 is 26.0 Å². The van der Waals surface area contributed by atoms with Crippen molar-refractivity contribution in [3.63, 3.8) is 0 Å². The van der Waals surface area contributed by atoms with E-state index in [-0.39, 0.29) is 34.9 Å². The summed E-state index contributed by atoms with van der Waals surface area (Å²) in [5.74, 6) is -0.164. The lowest BCUT2D eigenvalue weighted by atomic mass is 10.1. The number of carbonyl (C=O) groups is 1. The van der Waals surface area contributed by atoms with Crippen LogP contribution in [-0.4, -0.2) is 89.6 Å². The summed E-state index contributed by atoms with van der Waals surface area (Å²) in [5, 5.41) is 15.1. The van der Waals surface area contributed by atoms with E-state index in [4.69, 9.17) is 5.73 Å². The van der Waals surface area contributed by atoms with Gasteiger partial charge in [0.1, 0.15) is 11.8 Å². The van der Waals surface area contributed by atoms with E-state index >= 15 is 0 Å². The first-order valence-corrected chi connectivity index (χ1v) is 17.0. The van der Waals surface area contributed by atoms with Gasteiger partial charge in [-0.15, -0.1) is 0 Å². The number of benzene rings is 2. The van der Waals surface area contributed by atoms with E-state index in [0.29, 0.717) is 50.1 Å². The highest BCUT2D eigenvalue weighted by Gasteiger charge is 2.30. The molecular weight excluding hydrogens is 607 g/mol. The highest BCUT2D eigenvalue weighted by Crippen LogP contribution is 2.26. The molecule has 44 heavy (non-hydrogen) atoms. The van der Waals surface area contributed by atoms with Crippen LogP contribution in [0.1, 0.15) is 27.3 Å². The number of hydrogen-bond donors (Lipinski definition) is 3. The van der Waals surface area contributed by atoms with Gasteiger partial charge < -0.3 is 21.3 Å². The fourth-order valence-corrected chi connectivity index (χ4v) is 6.54. The summed E-state index contributed by atoms with van der Waals surface area (Å²) in [6, 6.07) is 14.3. The maximum Gasteiger partial charge on any atom is 0.257 e. The van der Waals surface area contributed by atoms with Gasteiger partial charge in [-0.2, -0.15) is 9.57 Å². The van der Waals surface area contributed by atoms with Gasteiger partial charge in [0.2, 0.25) is 26.0 Å². The standard InChI is InChI=1S/C28H35N9O5S2/c1-20-16-23(18-30)34-28(32-20)36-12-14-37(15-13-36)44(41,42)24-7-5-22(6-8-24)33-27(38)25-17-21(19-31-11-10-29)4-9-26(25)35(2)43(3,39)40/h4-9,16-17,31H,10-15,19,29H2,1-3H3,(H,33,38). The summed E-state index contributed by atoms with van der Waals surface area (Å²) in [5.41, 5.74) is 7.87.